The fourth-order valence-electron chi connectivity index (χ4n) is 5.14. The first-order chi connectivity index (χ1) is 16.1. The molecule has 0 aromatic heterocycles. The summed E-state index contributed by atoms with van der Waals surface area (Å²) >= 11 is 0. The van der Waals surface area contributed by atoms with E-state index in [1.807, 2.05) is 37.3 Å². The van der Waals surface area contributed by atoms with Gasteiger partial charge in [0, 0.05) is 19.1 Å². The number of nitrogens with zero attached hydrogens (tertiary/aromatic N) is 2. The number of β-amino-alcohol motifs (C(OH)–C–C–N with tert-alkyl or cyclic N) is 1. The summed E-state index contributed by atoms with van der Waals surface area (Å²) in [6.45, 7) is 8.83. The van der Waals surface area contributed by atoms with Crippen LogP contribution in [0.2, 0.25) is 0 Å². The standard InChI is InChI=1S/C24H49N2O7P/c1-18(2)32-34(31,33-19(3)4)26(20-12-8-7-9-13-20)15-11-6-5-10-14-25-16-22(28)24(30)23(29)21(25)17-27/h18-24,27-30H,5-17H2,1-4H3/t21-,22+,23-,24-/m1/s1. The number of piperidine rings is 1. The maximum Gasteiger partial charge on any atom is 0.408 e. The van der Waals surface area contributed by atoms with Crippen molar-refractivity contribution in [2.45, 2.75) is 128 Å². The van der Waals surface area contributed by atoms with E-state index < -0.39 is 32.1 Å². The molecule has 2 aliphatic rings. The molecule has 1 saturated carbocycles. The quantitative estimate of drug-likeness (QED) is 0.207. The number of hydrogen-bond donors (Lipinski definition) is 4. The molecular weight excluding hydrogens is 459 g/mol. The van der Waals surface area contributed by atoms with Crippen molar-refractivity contribution in [2.75, 3.05) is 26.2 Å². The predicted molar refractivity (Wildman–Crippen MR) is 133 cm³/mol. The molecule has 2 rings (SSSR count). The lowest BCUT2D eigenvalue weighted by molar-refractivity contribution is -0.145. The predicted octanol–water partition coefficient (Wildman–Crippen LogP) is 2.90. The lowest BCUT2D eigenvalue weighted by Gasteiger charge is -2.43. The molecule has 1 aliphatic carbocycles. The number of rotatable bonds is 14. The Balaban J connectivity index is 1.89. The number of hydrogen-bond acceptors (Lipinski definition) is 8. The highest BCUT2D eigenvalue weighted by Crippen LogP contribution is 2.56. The summed E-state index contributed by atoms with van der Waals surface area (Å²) < 4.78 is 27.8. The molecule has 4 N–H and O–H groups in total. The van der Waals surface area contributed by atoms with E-state index in [0.717, 1.165) is 51.4 Å². The van der Waals surface area contributed by atoms with E-state index in [-0.39, 0.29) is 31.4 Å². The van der Waals surface area contributed by atoms with Crippen molar-refractivity contribution >= 4 is 7.75 Å². The average molecular weight is 509 g/mol. The van der Waals surface area contributed by atoms with Crippen LogP contribution in [0.3, 0.4) is 0 Å². The summed E-state index contributed by atoms with van der Waals surface area (Å²) in [6.07, 6.45) is 5.33. The van der Waals surface area contributed by atoms with Gasteiger partial charge in [-0.15, -0.1) is 0 Å². The zero-order chi connectivity index (χ0) is 25.3. The lowest BCUT2D eigenvalue weighted by atomic mass is 9.94. The van der Waals surface area contributed by atoms with Gasteiger partial charge in [-0.05, 0) is 59.9 Å². The zero-order valence-electron chi connectivity index (χ0n) is 21.6. The van der Waals surface area contributed by atoms with Gasteiger partial charge in [-0.25, -0.2) is 9.24 Å². The van der Waals surface area contributed by atoms with Crippen LogP contribution in [0.4, 0.5) is 0 Å². The molecule has 10 heteroatoms. The van der Waals surface area contributed by atoms with Crippen molar-refractivity contribution in [3.05, 3.63) is 0 Å². The zero-order valence-corrected chi connectivity index (χ0v) is 22.5. The van der Waals surface area contributed by atoms with Crippen LogP contribution in [0.15, 0.2) is 0 Å². The van der Waals surface area contributed by atoms with Crippen LogP contribution in [0.5, 0.6) is 0 Å². The molecule has 1 heterocycles. The Kier molecular flexibility index (Phi) is 12.9. The molecule has 1 aliphatic heterocycles. The van der Waals surface area contributed by atoms with Crippen molar-refractivity contribution in [2.24, 2.45) is 0 Å². The second kappa shape index (κ2) is 14.6. The Morgan fingerprint density at radius 2 is 1.50 bits per heavy atom. The first kappa shape index (κ1) is 30.1. The summed E-state index contributed by atoms with van der Waals surface area (Å²) in [6, 6.07) is -0.349. The summed E-state index contributed by atoms with van der Waals surface area (Å²) in [4.78, 5) is 1.86. The van der Waals surface area contributed by atoms with Crippen molar-refractivity contribution in [3.63, 3.8) is 0 Å². The molecule has 34 heavy (non-hydrogen) atoms. The molecule has 9 nitrogen and oxygen atoms in total. The van der Waals surface area contributed by atoms with Gasteiger partial charge in [-0.3, -0.25) is 13.9 Å². The summed E-state index contributed by atoms with van der Waals surface area (Å²) in [7, 11) is -3.40. The molecule has 1 saturated heterocycles. The Hall–Kier alpha value is -0.0900. The minimum absolute atomic E-state index is 0.191. The first-order valence-electron chi connectivity index (χ1n) is 13.2. The third-order valence-electron chi connectivity index (χ3n) is 6.80. The number of aliphatic hydroxyl groups is 4. The van der Waals surface area contributed by atoms with Gasteiger partial charge in [-0.2, -0.15) is 0 Å². The maximum atomic E-state index is 13.9. The fourth-order valence-corrected chi connectivity index (χ4v) is 7.52. The Morgan fingerprint density at radius 1 is 0.912 bits per heavy atom. The topological polar surface area (TPSA) is 123 Å². The Bertz CT molecular complexity index is 604. The number of likely N-dealkylation sites (tertiary alicyclic amines) is 1. The van der Waals surface area contributed by atoms with Crippen LogP contribution < -0.4 is 0 Å². The number of aliphatic hydroxyl groups excluding tert-OH is 4. The second-order valence-corrected chi connectivity index (χ2v) is 12.3. The Morgan fingerprint density at radius 3 is 2.06 bits per heavy atom. The monoisotopic (exact) mass is 508 g/mol. The Labute approximate surface area is 206 Å². The normalized spacial score (nSPS) is 27.9. The molecule has 0 bridgehead atoms. The lowest BCUT2D eigenvalue weighted by Crippen LogP contribution is -2.62. The summed E-state index contributed by atoms with van der Waals surface area (Å²) in [5.41, 5.74) is 0. The summed E-state index contributed by atoms with van der Waals surface area (Å²) in [5, 5.41) is 39.6. The molecule has 2 fully saturated rings. The molecule has 0 amide bonds. The van der Waals surface area contributed by atoms with Crippen molar-refractivity contribution < 1.29 is 34.0 Å². The maximum absolute atomic E-state index is 13.9. The second-order valence-electron chi connectivity index (χ2n) is 10.4. The van der Waals surface area contributed by atoms with Gasteiger partial charge in [0.2, 0.25) is 0 Å². The van der Waals surface area contributed by atoms with Gasteiger partial charge in [0.25, 0.3) is 0 Å². The van der Waals surface area contributed by atoms with Crippen LogP contribution in [0.25, 0.3) is 0 Å². The van der Waals surface area contributed by atoms with Gasteiger partial charge in [0.05, 0.1) is 31.0 Å². The van der Waals surface area contributed by atoms with Crippen LogP contribution >= 0.6 is 7.75 Å². The van der Waals surface area contributed by atoms with E-state index >= 15 is 0 Å². The van der Waals surface area contributed by atoms with Crippen LogP contribution in [-0.2, 0) is 13.6 Å². The highest BCUT2D eigenvalue weighted by molar-refractivity contribution is 7.51. The van der Waals surface area contributed by atoms with Crippen LogP contribution in [-0.4, -0.2) is 98.8 Å². The minimum Gasteiger partial charge on any atom is -0.395 e. The highest BCUT2D eigenvalue weighted by atomic mass is 31.2. The van der Waals surface area contributed by atoms with Crippen molar-refractivity contribution in [1.82, 2.24) is 9.57 Å². The highest BCUT2D eigenvalue weighted by Gasteiger charge is 2.41. The molecule has 0 unspecified atom stereocenters. The third-order valence-corrected chi connectivity index (χ3v) is 9.33. The van der Waals surface area contributed by atoms with Gasteiger partial charge >= 0.3 is 7.75 Å². The van der Waals surface area contributed by atoms with Crippen LogP contribution in [0.1, 0.15) is 85.5 Å². The molecule has 4 atom stereocenters. The van der Waals surface area contributed by atoms with Crippen LogP contribution in [0, 0.1) is 0 Å². The van der Waals surface area contributed by atoms with E-state index in [2.05, 4.69) is 0 Å². The SMILES string of the molecule is CC(C)OP(=O)(OC(C)C)N(CCCCCCN1C[C@H](O)[C@@H](O)[C@H](O)[C@H]1CO)C1CCCCC1. The van der Waals surface area contributed by atoms with E-state index in [9.17, 15) is 25.0 Å². The molecule has 0 aromatic rings. The minimum atomic E-state index is -3.40. The molecular formula is C24H49N2O7P. The van der Waals surface area contributed by atoms with Gasteiger partial charge in [0.1, 0.15) is 12.2 Å². The van der Waals surface area contributed by atoms with Gasteiger partial charge in [0.15, 0.2) is 0 Å². The fraction of sp³-hybridized carbons (Fsp3) is 1.00. The first-order valence-corrected chi connectivity index (χ1v) is 14.7. The van der Waals surface area contributed by atoms with Crippen molar-refractivity contribution in [1.29, 1.82) is 0 Å². The van der Waals surface area contributed by atoms with E-state index in [4.69, 9.17) is 9.05 Å². The van der Waals surface area contributed by atoms with Gasteiger partial charge < -0.3 is 20.4 Å². The smallest absolute Gasteiger partial charge is 0.395 e. The van der Waals surface area contributed by atoms with E-state index in [1.54, 1.807) is 0 Å². The summed E-state index contributed by atoms with van der Waals surface area (Å²) in [5.74, 6) is 0. The van der Waals surface area contributed by atoms with E-state index in [1.165, 1.54) is 6.42 Å². The molecule has 0 spiro atoms. The molecule has 202 valence electrons. The van der Waals surface area contributed by atoms with Gasteiger partial charge in [-0.1, -0.05) is 32.1 Å². The average Bonchev–Trinajstić information content (AvgIpc) is 2.76. The molecule has 0 aromatic carbocycles. The third kappa shape index (κ3) is 8.79. The number of unbranched alkanes of at least 4 members (excludes halogenated alkanes) is 3. The van der Waals surface area contributed by atoms with E-state index in [0.29, 0.717) is 13.1 Å². The largest absolute Gasteiger partial charge is 0.408 e. The molecule has 0 radical (unpaired) electrons. The van der Waals surface area contributed by atoms with Crippen molar-refractivity contribution in [3.8, 4) is 0 Å².